The number of hydrogen-bond acceptors (Lipinski definition) is 1. The van der Waals surface area contributed by atoms with Crippen LogP contribution in [0, 0.1) is 0 Å². The molecule has 0 heterocycles. The molecule has 2 aromatic carbocycles. The first kappa shape index (κ1) is 28.4. The smallest absolute Gasteiger partial charge is 0.303 e. The monoisotopic (exact) mass is 466 g/mol. The van der Waals surface area contributed by atoms with Gasteiger partial charge in [-0.2, -0.15) is 0 Å². The number of benzene rings is 2. The third kappa shape index (κ3) is 13.8. The molecule has 0 saturated heterocycles. The Kier molecular flexibility index (Phi) is 16.3. The van der Waals surface area contributed by atoms with Gasteiger partial charge in [-0.05, 0) is 35.6 Å². The maximum absolute atomic E-state index is 10.5. The van der Waals surface area contributed by atoms with E-state index in [-0.39, 0.29) is 0 Å². The third-order valence-corrected chi connectivity index (χ3v) is 7.22. The van der Waals surface area contributed by atoms with E-state index in [4.69, 9.17) is 5.11 Å². The third-order valence-electron chi connectivity index (χ3n) is 7.22. The van der Waals surface area contributed by atoms with Crippen molar-refractivity contribution in [2.24, 2.45) is 0 Å². The zero-order chi connectivity index (χ0) is 24.1. The van der Waals surface area contributed by atoms with Crippen molar-refractivity contribution >= 4 is 16.7 Å². The number of aryl methyl sites for hydroxylation is 1. The quantitative estimate of drug-likeness (QED) is 0.175. The van der Waals surface area contributed by atoms with Crippen molar-refractivity contribution in [2.75, 3.05) is 0 Å². The second-order valence-electron chi connectivity index (χ2n) is 10.2. The second-order valence-corrected chi connectivity index (χ2v) is 10.2. The molecule has 0 bridgehead atoms. The fraction of sp³-hybridized carbons (Fsp3) is 0.656. The lowest BCUT2D eigenvalue weighted by Crippen LogP contribution is -1.93. The predicted octanol–water partition coefficient (Wildman–Crippen LogP) is 10.3. The molecule has 2 rings (SSSR count). The van der Waals surface area contributed by atoms with Crippen LogP contribution >= 0.6 is 0 Å². The van der Waals surface area contributed by atoms with Crippen molar-refractivity contribution in [2.45, 2.75) is 135 Å². The Labute approximate surface area is 209 Å². The highest BCUT2D eigenvalue weighted by molar-refractivity contribution is 5.85. The Hall–Kier alpha value is -1.83. The van der Waals surface area contributed by atoms with Crippen LogP contribution < -0.4 is 0 Å². The number of rotatable bonds is 22. The van der Waals surface area contributed by atoms with Crippen molar-refractivity contribution in [1.29, 1.82) is 0 Å². The molecule has 0 unspecified atom stereocenters. The van der Waals surface area contributed by atoms with Crippen LogP contribution in [0.1, 0.15) is 134 Å². The molecule has 0 fully saturated rings. The van der Waals surface area contributed by atoms with Crippen molar-refractivity contribution in [3.63, 3.8) is 0 Å². The summed E-state index contributed by atoms with van der Waals surface area (Å²) in [6.07, 6.45) is 26.9. The average Bonchev–Trinajstić information content (AvgIpc) is 2.85. The van der Waals surface area contributed by atoms with E-state index >= 15 is 0 Å². The Morgan fingerprint density at radius 1 is 0.500 bits per heavy atom. The summed E-state index contributed by atoms with van der Waals surface area (Å²) < 4.78 is 0. The molecule has 2 aromatic rings. The van der Waals surface area contributed by atoms with Gasteiger partial charge in [0.15, 0.2) is 0 Å². The molecular weight excluding hydrogens is 416 g/mol. The normalized spacial score (nSPS) is 11.3. The molecule has 0 aliphatic rings. The first-order valence-electron chi connectivity index (χ1n) is 14.5. The summed E-state index contributed by atoms with van der Waals surface area (Å²) in [7, 11) is 0. The number of unbranched alkanes of at least 4 members (excludes halogenated alkanes) is 18. The molecule has 0 saturated carbocycles. The molecule has 0 atom stereocenters. The summed E-state index contributed by atoms with van der Waals surface area (Å²) in [5.41, 5.74) is 1.52. The standard InChI is InChI=1S/C32H50O2/c33-32(34)28-19-17-15-13-11-9-7-5-3-1-2-4-6-8-10-12-14-16-18-23-29-25-22-26-30-24-20-21-27-31(29)30/h20-22,24-27H,1-19,23,28H2,(H,33,34). The lowest BCUT2D eigenvalue weighted by atomic mass is 9.99. The van der Waals surface area contributed by atoms with Crippen LogP contribution in [0.4, 0.5) is 0 Å². The van der Waals surface area contributed by atoms with E-state index in [1.807, 2.05) is 0 Å². The average molecular weight is 467 g/mol. The summed E-state index contributed by atoms with van der Waals surface area (Å²) >= 11 is 0. The van der Waals surface area contributed by atoms with Crippen molar-refractivity contribution in [3.8, 4) is 0 Å². The van der Waals surface area contributed by atoms with Crippen LogP contribution in [-0.4, -0.2) is 11.1 Å². The fourth-order valence-corrected chi connectivity index (χ4v) is 5.11. The minimum Gasteiger partial charge on any atom is -0.481 e. The van der Waals surface area contributed by atoms with Gasteiger partial charge >= 0.3 is 5.97 Å². The van der Waals surface area contributed by atoms with E-state index in [0.717, 1.165) is 12.8 Å². The topological polar surface area (TPSA) is 37.3 Å². The lowest BCUT2D eigenvalue weighted by Gasteiger charge is -2.07. The van der Waals surface area contributed by atoms with Crippen molar-refractivity contribution < 1.29 is 9.90 Å². The minimum atomic E-state index is -0.653. The van der Waals surface area contributed by atoms with Crippen LogP contribution in [0.2, 0.25) is 0 Å². The molecule has 0 spiro atoms. The highest BCUT2D eigenvalue weighted by atomic mass is 16.4. The van der Waals surface area contributed by atoms with E-state index in [9.17, 15) is 4.79 Å². The molecule has 2 heteroatoms. The predicted molar refractivity (Wildman–Crippen MR) is 148 cm³/mol. The van der Waals surface area contributed by atoms with Crippen LogP contribution in [-0.2, 0) is 11.2 Å². The summed E-state index contributed by atoms with van der Waals surface area (Å²) in [5, 5.41) is 11.4. The van der Waals surface area contributed by atoms with Crippen LogP contribution in [0.25, 0.3) is 10.8 Å². The van der Waals surface area contributed by atoms with Gasteiger partial charge in [0.05, 0.1) is 0 Å². The van der Waals surface area contributed by atoms with Gasteiger partial charge in [0.2, 0.25) is 0 Å². The Bertz CT molecular complexity index is 761. The maximum atomic E-state index is 10.5. The summed E-state index contributed by atoms with van der Waals surface area (Å²) in [5.74, 6) is -0.653. The lowest BCUT2D eigenvalue weighted by molar-refractivity contribution is -0.137. The molecule has 2 nitrogen and oxygen atoms in total. The van der Waals surface area contributed by atoms with Crippen LogP contribution in [0.5, 0.6) is 0 Å². The molecule has 0 aliphatic heterocycles. The van der Waals surface area contributed by atoms with E-state index in [2.05, 4.69) is 42.5 Å². The molecule has 34 heavy (non-hydrogen) atoms. The first-order chi connectivity index (χ1) is 16.8. The molecule has 0 aliphatic carbocycles. The van der Waals surface area contributed by atoms with Gasteiger partial charge in [0.25, 0.3) is 0 Å². The molecule has 1 N–H and O–H groups in total. The van der Waals surface area contributed by atoms with Crippen molar-refractivity contribution in [3.05, 3.63) is 48.0 Å². The zero-order valence-corrected chi connectivity index (χ0v) is 21.7. The largest absolute Gasteiger partial charge is 0.481 e. The fourth-order valence-electron chi connectivity index (χ4n) is 5.11. The summed E-state index contributed by atoms with van der Waals surface area (Å²) in [6, 6.07) is 15.5. The minimum absolute atomic E-state index is 0.340. The van der Waals surface area contributed by atoms with E-state index in [0.29, 0.717) is 6.42 Å². The Morgan fingerprint density at radius 3 is 1.41 bits per heavy atom. The van der Waals surface area contributed by atoms with E-state index in [1.165, 1.54) is 132 Å². The maximum Gasteiger partial charge on any atom is 0.303 e. The second kappa shape index (κ2) is 19.5. The van der Waals surface area contributed by atoms with Crippen LogP contribution in [0.15, 0.2) is 42.5 Å². The van der Waals surface area contributed by atoms with Gasteiger partial charge in [-0.25, -0.2) is 0 Å². The molecule has 0 radical (unpaired) electrons. The molecule has 0 aromatic heterocycles. The van der Waals surface area contributed by atoms with E-state index < -0.39 is 5.97 Å². The van der Waals surface area contributed by atoms with Gasteiger partial charge in [-0.15, -0.1) is 0 Å². The number of carboxylic acid groups (broad SMARTS) is 1. The number of hydrogen-bond donors (Lipinski definition) is 1. The Balaban J connectivity index is 1.28. The first-order valence-corrected chi connectivity index (χ1v) is 14.5. The number of fused-ring (bicyclic) bond motifs is 1. The highest BCUT2D eigenvalue weighted by Gasteiger charge is 2.01. The van der Waals surface area contributed by atoms with Gasteiger partial charge in [-0.1, -0.05) is 152 Å². The van der Waals surface area contributed by atoms with Gasteiger partial charge in [0.1, 0.15) is 0 Å². The van der Waals surface area contributed by atoms with Crippen molar-refractivity contribution in [1.82, 2.24) is 0 Å². The van der Waals surface area contributed by atoms with Crippen LogP contribution in [0.3, 0.4) is 0 Å². The number of carbonyl (C=O) groups is 1. The summed E-state index contributed by atoms with van der Waals surface area (Å²) in [6.45, 7) is 0. The van der Waals surface area contributed by atoms with E-state index in [1.54, 1.807) is 0 Å². The molecule has 190 valence electrons. The van der Waals surface area contributed by atoms with Gasteiger partial charge in [0, 0.05) is 6.42 Å². The van der Waals surface area contributed by atoms with Gasteiger partial charge < -0.3 is 5.11 Å². The highest BCUT2D eigenvalue weighted by Crippen LogP contribution is 2.21. The number of carboxylic acids is 1. The summed E-state index contributed by atoms with van der Waals surface area (Å²) in [4.78, 5) is 10.5. The Morgan fingerprint density at radius 2 is 0.912 bits per heavy atom. The zero-order valence-electron chi connectivity index (χ0n) is 21.7. The SMILES string of the molecule is O=C(O)CCCCCCCCCCCCCCCCCCCCCc1cccc2ccccc12. The van der Waals surface area contributed by atoms with Gasteiger partial charge in [-0.3, -0.25) is 4.79 Å². The number of aliphatic carboxylic acids is 1. The molecular formula is C32H50O2. The molecule has 0 amide bonds.